The minimum Gasteiger partial charge on any atom is -0.454 e. The van der Waals surface area contributed by atoms with Crippen molar-refractivity contribution in [1.82, 2.24) is 0 Å². The number of amides is 1. The molecule has 0 saturated carbocycles. The largest absolute Gasteiger partial charge is 0.454 e. The summed E-state index contributed by atoms with van der Waals surface area (Å²) in [5.41, 5.74) is 8.57. The second-order valence-electron chi connectivity index (χ2n) is 4.71. The summed E-state index contributed by atoms with van der Waals surface area (Å²) in [5.74, 6) is 0.617. The number of hydrogen-bond donors (Lipinski definition) is 2. The summed E-state index contributed by atoms with van der Waals surface area (Å²) in [7, 11) is 0. The van der Waals surface area contributed by atoms with Gasteiger partial charge >= 0.3 is 0 Å². The first-order chi connectivity index (χ1) is 8.99. The Morgan fingerprint density at radius 2 is 1.84 bits per heavy atom. The molecule has 0 radical (unpaired) electrons. The van der Waals surface area contributed by atoms with Crippen molar-refractivity contribution in [3.8, 4) is 0 Å². The topological polar surface area (TPSA) is 68.3 Å². The van der Waals surface area contributed by atoms with Crippen LogP contribution >= 0.6 is 0 Å². The maximum absolute atomic E-state index is 12.1. The molecular weight excluding hydrogens is 240 g/mol. The van der Waals surface area contributed by atoms with E-state index in [4.69, 9.17) is 10.2 Å². The van der Waals surface area contributed by atoms with E-state index < -0.39 is 0 Å². The molecule has 0 bridgehead atoms. The van der Waals surface area contributed by atoms with Gasteiger partial charge in [0.1, 0.15) is 5.76 Å². The molecule has 19 heavy (non-hydrogen) atoms. The zero-order chi connectivity index (χ0) is 14.0. The predicted molar refractivity (Wildman–Crippen MR) is 75.2 cm³/mol. The first kappa shape index (κ1) is 13.4. The highest BCUT2D eigenvalue weighted by atomic mass is 16.4. The molecule has 2 aromatic rings. The monoisotopic (exact) mass is 258 g/mol. The number of nitrogens with one attached hydrogen (secondary N) is 1. The Labute approximate surface area is 112 Å². The lowest BCUT2D eigenvalue weighted by atomic mass is 10.1. The van der Waals surface area contributed by atoms with Crippen molar-refractivity contribution in [2.75, 3.05) is 5.32 Å². The average Bonchev–Trinajstić information content (AvgIpc) is 2.83. The standard InChI is InChI=1S/C15H18N2O2/c1-9-5-4-6-10(2)14(9)17-15(18)13-8-7-12(19-13)11(3)16/h4-8,11H,16H2,1-3H3,(H,17,18). The van der Waals surface area contributed by atoms with Crippen molar-refractivity contribution >= 4 is 11.6 Å². The first-order valence-corrected chi connectivity index (χ1v) is 6.22. The molecule has 1 amide bonds. The number of para-hydroxylation sites is 1. The van der Waals surface area contributed by atoms with E-state index in [2.05, 4.69) is 5.32 Å². The highest BCUT2D eigenvalue weighted by molar-refractivity contribution is 6.03. The second kappa shape index (κ2) is 5.28. The van der Waals surface area contributed by atoms with Crippen molar-refractivity contribution in [1.29, 1.82) is 0 Å². The summed E-state index contributed by atoms with van der Waals surface area (Å²) in [6, 6.07) is 9.02. The van der Waals surface area contributed by atoms with Crippen LogP contribution in [0, 0.1) is 13.8 Å². The maximum Gasteiger partial charge on any atom is 0.291 e. The fourth-order valence-corrected chi connectivity index (χ4v) is 1.91. The molecule has 3 N–H and O–H groups in total. The van der Waals surface area contributed by atoms with Crippen LogP contribution < -0.4 is 11.1 Å². The minimum absolute atomic E-state index is 0.221. The average molecular weight is 258 g/mol. The van der Waals surface area contributed by atoms with Crippen LogP contribution in [-0.4, -0.2) is 5.91 Å². The number of benzene rings is 1. The van der Waals surface area contributed by atoms with Crippen LogP contribution in [0.25, 0.3) is 0 Å². The molecule has 1 unspecified atom stereocenters. The number of furan rings is 1. The van der Waals surface area contributed by atoms with Crippen LogP contribution in [0.3, 0.4) is 0 Å². The maximum atomic E-state index is 12.1. The van der Waals surface area contributed by atoms with E-state index in [0.29, 0.717) is 5.76 Å². The van der Waals surface area contributed by atoms with Gasteiger partial charge in [-0.15, -0.1) is 0 Å². The summed E-state index contributed by atoms with van der Waals surface area (Å²) in [5, 5.41) is 2.87. The summed E-state index contributed by atoms with van der Waals surface area (Å²) in [4.78, 5) is 12.1. The number of rotatable bonds is 3. The lowest BCUT2D eigenvalue weighted by molar-refractivity contribution is 0.0994. The van der Waals surface area contributed by atoms with E-state index in [9.17, 15) is 4.79 Å². The molecule has 2 rings (SSSR count). The van der Waals surface area contributed by atoms with Crippen LogP contribution in [0.2, 0.25) is 0 Å². The van der Waals surface area contributed by atoms with Gasteiger partial charge in [0.15, 0.2) is 5.76 Å². The summed E-state index contributed by atoms with van der Waals surface area (Å²) >= 11 is 0. The molecule has 0 aliphatic carbocycles. The Bertz CT molecular complexity index is 580. The molecule has 0 fully saturated rings. The van der Waals surface area contributed by atoms with Crippen LogP contribution in [-0.2, 0) is 0 Å². The lowest BCUT2D eigenvalue weighted by Gasteiger charge is -2.10. The molecule has 0 spiro atoms. The molecule has 1 aromatic heterocycles. The van der Waals surface area contributed by atoms with Gasteiger partial charge in [-0.05, 0) is 44.0 Å². The van der Waals surface area contributed by atoms with Gasteiger partial charge in [-0.3, -0.25) is 4.79 Å². The van der Waals surface area contributed by atoms with Gasteiger partial charge in [0, 0.05) is 5.69 Å². The van der Waals surface area contributed by atoms with Crippen molar-refractivity contribution in [3.05, 3.63) is 53.0 Å². The quantitative estimate of drug-likeness (QED) is 0.888. The Balaban J connectivity index is 2.21. The van der Waals surface area contributed by atoms with Crippen LogP contribution in [0.1, 0.15) is 40.4 Å². The van der Waals surface area contributed by atoms with E-state index in [1.54, 1.807) is 12.1 Å². The number of aryl methyl sites for hydroxylation is 2. The van der Waals surface area contributed by atoms with E-state index in [0.717, 1.165) is 16.8 Å². The van der Waals surface area contributed by atoms with Crippen LogP contribution in [0.15, 0.2) is 34.7 Å². The number of carbonyl (C=O) groups excluding carboxylic acids is 1. The third-order valence-corrected chi connectivity index (χ3v) is 3.02. The minimum atomic E-state index is -0.260. The van der Waals surface area contributed by atoms with Gasteiger partial charge in [-0.25, -0.2) is 0 Å². The predicted octanol–water partition coefficient (Wildman–Crippen LogP) is 3.17. The van der Waals surface area contributed by atoms with Crippen molar-refractivity contribution < 1.29 is 9.21 Å². The van der Waals surface area contributed by atoms with Crippen molar-refractivity contribution in [2.24, 2.45) is 5.73 Å². The lowest BCUT2D eigenvalue weighted by Crippen LogP contribution is -2.13. The van der Waals surface area contributed by atoms with Crippen LogP contribution in [0.4, 0.5) is 5.69 Å². The van der Waals surface area contributed by atoms with Crippen molar-refractivity contribution in [3.63, 3.8) is 0 Å². The van der Waals surface area contributed by atoms with E-state index in [1.807, 2.05) is 39.0 Å². The fraction of sp³-hybridized carbons (Fsp3) is 0.267. The zero-order valence-corrected chi connectivity index (χ0v) is 11.4. The van der Waals surface area contributed by atoms with Crippen molar-refractivity contribution in [2.45, 2.75) is 26.8 Å². The van der Waals surface area contributed by atoms with E-state index >= 15 is 0 Å². The summed E-state index contributed by atoms with van der Waals surface area (Å²) in [6.07, 6.45) is 0. The van der Waals surface area contributed by atoms with E-state index in [1.165, 1.54) is 0 Å². The van der Waals surface area contributed by atoms with Gasteiger partial charge in [0.25, 0.3) is 5.91 Å². The molecule has 0 aliphatic heterocycles. The molecule has 0 saturated heterocycles. The van der Waals surface area contributed by atoms with Crippen LogP contribution in [0.5, 0.6) is 0 Å². The Kier molecular flexibility index (Phi) is 3.71. The molecule has 100 valence electrons. The SMILES string of the molecule is Cc1cccc(C)c1NC(=O)c1ccc(C(C)N)o1. The first-order valence-electron chi connectivity index (χ1n) is 6.22. The highest BCUT2D eigenvalue weighted by Gasteiger charge is 2.14. The van der Waals surface area contributed by atoms with Gasteiger partial charge in [-0.1, -0.05) is 18.2 Å². The normalized spacial score (nSPS) is 12.2. The molecular formula is C15H18N2O2. The second-order valence-corrected chi connectivity index (χ2v) is 4.71. The third kappa shape index (κ3) is 2.85. The number of hydrogen-bond acceptors (Lipinski definition) is 3. The molecule has 1 aromatic carbocycles. The summed E-state index contributed by atoms with van der Waals surface area (Å²) in [6.45, 7) is 5.72. The zero-order valence-electron chi connectivity index (χ0n) is 11.4. The Hall–Kier alpha value is -2.07. The third-order valence-electron chi connectivity index (χ3n) is 3.02. The Morgan fingerprint density at radius 3 is 2.37 bits per heavy atom. The Morgan fingerprint density at radius 1 is 1.21 bits per heavy atom. The van der Waals surface area contributed by atoms with Gasteiger partial charge in [0.05, 0.1) is 6.04 Å². The molecule has 4 heteroatoms. The fourth-order valence-electron chi connectivity index (χ4n) is 1.91. The number of anilines is 1. The molecule has 0 aliphatic rings. The number of nitrogens with two attached hydrogens (primary N) is 1. The van der Waals surface area contributed by atoms with Gasteiger partial charge in [0.2, 0.25) is 0 Å². The molecule has 4 nitrogen and oxygen atoms in total. The molecule has 1 heterocycles. The van der Waals surface area contributed by atoms with E-state index in [-0.39, 0.29) is 17.7 Å². The molecule has 1 atom stereocenters. The smallest absolute Gasteiger partial charge is 0.291 e. The van der Waals surface area contributed by atoms with Gasteiger partial charge < -0.3 is 15.5 Å². The summed E-state index contributed by atoms with van der Waals surface area (Å²) < 4.78 is 5.42. The van der Waals surface area contributed by atoms with Gasteiger partial charge in [-0.2, -0.15) is 0 Å². The number of carbonyl (C=O) groups is 1. The highest BCUT2D eigenvalue weighted by Crippen LogP contribution is 2.21.